The minimum atomic E-state index is -0.145. The predicted molar refractivity (Wildman–Crippen MR) is 87.1 cm³/mol. The van der Waals surface area contributed by atoms with E-state index in [1.54, 1.807) is 0 Å². The number of carbonyl (C=O) groups excluding carboxylic acids is 1. The second-order valence-corrected chi connectivity index (χ2v) is 6.00. The molecule has 98 valence electrons. The standard InChI is InChI=1S/C15H10N2OS2/c1-2-7-17-9-10(11-5-3-4-6-12(11)17)8-13-14(18)16-15(19)20-13/h1,3-6,8-9H,7H2,(H,16,18,19)/b13-8-. The monoisotopic (exact) mass is 298 g/mol. The van der Waals surface area contributed by atoms with Gasteiger partial charge in [0.25, 0.3) is 5.91 Å². The topological polar surface area (TPSA) is 34.0 Å². The number of amides is 1. The van der Waals surface area contributed by atoms with Gasteiger partial charge in [0.1, 0.15) is 4.32 Å². The molecule has 1 N–H and O–H groups in total. The van der Waals surface area contributed by atoms with Crippen LogP contribution in [0.25, 0.3) is 17.0 Å². The van der Waals surface area contributed by atoms with Crippen molar-refractivity contribution < 1.29 is 4.79 Å². The summed E-state index contributed by atoms with van der Waals surface area (Å²) in [7, 11) is 0. The molecule has 0 unspecified atom stereocenters. The number of hydrogen-bond acceptors (Lipinski definition) is 3. The van der Waals surface area contributed by atoms with E-state index in [-0.39, 0.29) is 5.91 Å². The second-order valence-electron chi connectivity index (χ2n) is 4.29. The van der Waals surface area contributed by atoms with Crippen LogP contribution in [-0.4, -0.2) is 14.8 Å². The first-order chi connectivity index (χ1) is 9.69. The first-order valence-corrected chi connectivity index (χ1v) is 7.17. The Morgan fingerprint density at radius 1 is 1.45 bits per heavy atom. The van der Waals surface area contributed by atoms with Gasteiger partial charge in [-0.1, -0.05) is 48.1 Å². The molecule has 2 aromatic rings. The lowest BCUT2D eigenvalue weighted by Gasteiger charge is -1.97. The molecule has 3 rings (SSSR count). The van der Waals surface area contributed by atoms with Crippen LogP contribution in [0.3, 0.4) is 0 Å². The molecule has 1 saturated heterocycles. The lowest BCUT2D eigenvalue weighted by Crippen LogP contribution is -2.17. The maximum atomic E-state index is 11.7. The Kier molecular flexibility index (Phi) is 3.35. The lowest BCUT2D eigenvalue weighted by molar-refractivity contribution is -0.115. The Balaban J connectivity index is 2.13. The Labute approximate surface area is 126 Å². The zero-order valence-electron chi connectivity index (χ0n) is 10.4. The van der Waals surface area contributed by atoms with Crippen molar-refractivity contribution in [2.24, 2.45) is 0 Å². The molecule has 0 bridgehead atoms. The average Bonchev–Trinajstić information content (AvgIpc) is 2.93. The number of nitrogens with zero attached hydrogens (tertiary/aromatic N) is 1. The van der Waals surface area contributed by atoms with Gasteiger partial charge in [0, 0.05) is 22.7 Å². The van der Waals surface area contributed by atoms with Gasteiger partial charge in [0.2, 0.25) is 0 Å². The largest absolute Gasteiger partial charge is 0.335 e. The molecule has 1 aromatic carbocycles. The minimum Gasteiger partial charge on any atom is -0.335 e. The summed E-state index contributed by atoms with van der Waals surface area (Å²) in [5, 5.41) is 3.69. The Bertz CT molecular complexity index is 796. The SMILES string of the molecule is C#CCn1cc(/C=C2\SC(=S)NC2=O)c2ccccc21. The van der Waals surface area contributed by atoms with Gasteiger partial charge >= 0.3 is 0 Å². The fourth-order valence-electron chi connectivity index (χ4n) is 2.18. The summed E-state index contributed by atoms with van der Waals surface area (Å²) in [5.41, 5.74) is 2.03. The van der Waals surface area contributed by atoms with E-state index in [1.165, 1.54) is 11.8 Å². The number of hydrogen-bond donors (Lipinski definition) is 1. The minimum absolute atomic E-state index is 0.145. The number of thiocarbonyl (C=S) groups is 1. The van der Waals surface area contributed by atoms with Crippen molar-refractivity contribution in [2.75, 3.05) is 0 Å². The molecule has 0 aliphatic carbocycles. The fraction of sp³-hybridized carbons (Fsp3) is 0.0667. The van der Waals surface area contributed by atoms with Gasteiger partial charge in [-0.3, -0.25) is 4.79 Å². The van der Waals surface area contributed by atoms with Gasteiger partial charge < -0.3 is 9.88 Å². The van der Waals surface area contributed by atoms with Crippen molar-refractivity contribution in [3.05, 3.63) is 40.9 Å². The van der Waals surface area contributed by atoms with Crippen LogP contribution >= 0.6 is 24.0 Å². The number of rotatable bonds is 2. The van der Waals surface area contributed by atoms with Crippen LogP contribution in [0.15, 0.2) is 35.4 Å². The molecule has 1 aliphatic heterocycles. The number of aromatic nitrogens is 1. The Morgan fingerprint density at radius 3 is 2.95 bits per heavy atom. The highest BCUT2D eigenvalue weighted by atomic mass is 32.2. The van der Waals surface area contributed by atoms with E-state index in [0.29, 0.717) is 15.8 Å². The third-order valence-electron chi connectivity index (χ3n) is 3.01. The maximum absolute atomic E-state index is 11.7. The molecular formula is C15H10N2OS2. The van der Waals surface area contributed by atoms with Crippen LogP contribution in [0.2, 0.25) is 0 Å². The van der Waals surface area contributed by atoms with Gasteiger partial charge in [-0.05, 0) is 12.1 Å². The normalized spacial score (nSPS) is 16.6. The van der Waals surface area contributed by atoms with E-state index < -0.39 is 0 Å². The van der Waals surface area contributed by atoms with Crippen LogP contribution < -0.4 is 5.32 Å². The van der Waals surface area contributed by atoms with Crippen molar-refractivity contribution in [3.8, 4) is 12.3 Å². The molecule has 0 atom stereocenters. The Hall–Kier alpha value is -2.03. The molecule has 1 aromatic heterocycles. The zero-order valence-corrected chi connectivity index (χ0v) is 12.1. The van der Waals surface area contributed by atoms with E-state index in [4.69, 9.17) is 18.6 Å². The highest BCUT2D eigenvalue weighted by Gasteiger charge is 2.22. The zero-order chi connectivity index (χ0) is 14.1. The van der Waals surface area contributed by atoms with E-state index >= 15 is 0 Å². The molecule has 20 heavy (non-hydrogen) atoms. The number of fused-ring (bicyclic) bond motifs is 1. The molecule has 3 nitrogen and oxygen atoms in total. The molecule has 1 fully saturated rings. The van der Waals surface area contributed by atoms with Crippen LogP contribution in [0.1, 0.15) is 5.56 Å². The molecule has 1 aliphatic rings. The van der Waals surface area contributed by atoms with E-state index in [2.05, 4.69) is 11.2 Å². The van der Waals surface area contributed by atoms with E-state index in [0.717, 1.165) is 16.5 Å². The summed E-state index contributed by atoms with van der Waals surface area (Å²) in [6.45, 7) is 0.501. The summed E-state index contributed by atoms with van der Waals surface area (Å²) in [4.78, 5) is 12.3. The summed E-state index contributed by atoms with van der Waals surface area (Å²) < 4.78 is 2.49. The highest BCUT2D eigenvalue weighted by Crippen LogP contribution is 2.29. The fourth-order valence-corrected chi connectivity index (χ4v) is 3.22. The van der Waals surface area contributed by atoms with Gasteiger partial charge in [0.05, 0.1) is 11.4 Å². The number of para-hydroxylation sites is 1. The van der Waals surface area contributed by atoms with Crippen LogP contribution in [0.5, 0.6) is 0 Å². The van der Waals surface area contributed by atoms with Crippen molar-refractivity contribution in [3.63, 3.8) is 0 Å². The summed E-state index contributed by atoms with van der Waals surface area (Å²) in [5.74, 6) is 2.49. The first kappa shape index (κ1) is 13.0. The molecule has 0 saturated carbocycles. The van der Waals surface area contributed by atoms with E-state index in [9.17, 15) is 4.79 Å². The first-order valence-electron chi connectivity index (χ1n) is 5.95. The number of thioether (sulfide) groups is 1. The van der Waals surface area contributed by atoms with E-state index in [1.807, 2.05) is 41.1 Å². The Morgan fingerprint density at radius 2 is 2.25 bits per heavy atom. The third-order valence-corrected chi connectivity index (χ3v) is 4.17. The molecular weight excluding hydrogens is 288 g/mol. The molecule has 5 heteroatoms. The average molecular weight is 298 g/mol. The maximum Gasteiger partial charge on any atom is 0.263 e. The van der Waals surface area contributed by atoms with Crippen molar-refractivity contribution >= 4 is 51.2 Å². The second kappa shape index (κ2) is 5.16. The van der Waals surface area contributed by atoms with Crippen LogP contribution in [0, 0.1) is 12.3 Å². The summed E-state index contributed by atoms with van der Waals surface area (Å²) in [6.07, 6.45) is 9.21. The lowest BCUT2D eigenvalue weighted by atomic mass is 10.1. The van der Waals surface area contributed by atoms with Gasteiger partial charge in [-0.25, -0.2) is 0 Å². The number of terminal acetylenes is 1. The van der Waals surface area contributed by atoms with Gasteiger partial charge in [-0.15, -0.1) is 6.42 Å². The summed E-state index contributed by atoms with van der Waals surface area (Å²) in [6, 6.07) is 7.97. The molecule has 0 radical (unpaired) electrons. The van der Waals surface area contributed by atoms with Crippen molar-refractivity contribution in [1.82, 2.24) is 9.88 Å². The van der Waals surface area contributed by atoms with Crippen molar-refractivity contribution in [2.45, 2.75) is 6.54 Å². The number of carbonyl (C=O) groups is 1. The van der Waals surface area contributed by atoms with Crippen LogP contribution in [-0.2, 0) is 11.3 Å². The number of nitrogens with one attached hydrogen (secondary N) is 1. The third kappa shape index (κ3) is 2.24. The molecule has 0 spiro atoms. The quantitative estimate of drug-likeness (QED) is 0.526. The molecule has 1 amide bonds. The highest BCUT2D eigenvalue weighted by molar-refractivity contribution is 8.26. The predicted octanol–water partition coefficient (Wildman–Crippen LogP) is 2.76. The summed E-state index contributed by atoms with van der Waals surface area (Å²) >= 11 is 6.27. The smallest absolute Gasteiger partial charge is 0.263 e. The number of benzene rings is 1. The van der Waals surface area contributed by atoms with Crippen molar-refractivity contribution in [1.29, 1.82) is 0 Å². The molecule has 2 heterocycles. The van der Waals surface area contributed by atoms with Crippen LogP contribution in [0.4, 0.5) is 0 Å². The van der Waals surface area contributed by atoms with Gasteiger partial charge in [-0.2, -0.15) is 0 Å². The van der Waals surface area contributed by atoms with Gasteiger partial charge in [0.15, 0.2) is 0 Å².